The van der Waals surface area contributed by atoms with Gasteiger partial charge in [-0.05, 0) is 54.1 Å². The SMILES string of the molecule is COc1cc(CNc2ccc(NC(C)=O)cc2)c(Br)cc1OCc1ccc(F)cc1Cl. The van der Waals surface area contributed by atoms with Gasteiger partial charge in [-0.25, -0.2) is 4.39 Å². The van der Waals surface area contributed by atoms with Gasteiger partial charge in [0.25, 0.3) is 0 Å². The quantitative estimate of drug-likeness (QED) is 0.370. The molecule has 0 unspecified atom stereocenters. The van der Waals surface area contributed by atoms with Crippen molar-refractivity contribution in [1.82, 2.24) is 0 Å². The van der Waals surface area contributed by atoms with E-state index in [1.54, 1.807) is 13.2 Å². The zero-order valence-corrected chi connectivity index (χ0v) is 19.3. The third-order valence-electron chi connectivity index (χ3n) is 4.42. The molecule has 5 nitrogen and oxygen atoms in total. The van der Waals surface area contributed by atoms with Crippen molar-refractivity contribution in [1.29, 1.82) is 0 Å². The van der Waals surface area contributed by atoms with E-state index in [4.69, 9.17) is 21.1 Å². The van der Waals surface area contributed by atoms with Crippen molar-refractivity contribution < 1.29 is 18.7 Å². The number of hydrogen-bond donors (Lipinski definition) is 2. The first-order chi connectivity index (χ1) is 14.9. The number of carbonyl (C=O) groups is 1. The van der Waals surface area contributed by atoms with Crippen LogP contribution in [0.25, 0.3) is 0 Å². The second kappa shape index (κ2) is 10.5. The predicted octanol–water partition coefficient (Wildman–Crippen LogP) is 6.40. The average Bonchev–Trinajstić information content (AvgIpc) is 2.73. The van der Waals surface area contributed by atoms with E-state index >= 15 is 0 Å². The zero-order valence-electron chi connectivity index (χ0n) is 17.0. The number of rotatable bonds is 8. The largest absolute Gasteiger partial charge is 0.493 e. The smallest absolute Gasteiger partial charge is 0.221 e. The predicted molar refractivity (Wildman–Crippen MR) is 125 cm³/mol. The van der Waals surface area contributed by atoms with Crippen molar-refractivity contribution >= 4 is 44.8 Å². The normalized spacial score (nSPS) is 10.5. The molecule has 0 aromatic heterocycles. The fourth-order valence-corrected chi connectivity index (χ4v) is 3.54. The Morgan fingerprint density at radius 2 is 1.74 bits per heavy atom. The van der Waals surface area contributed by atoms with Crippen LogP contribution in [0.4, 0.5) is 15.8 Å². The minimum Gasteiger partial charge on any atom is -0.493 e. The van der Waals surface area contributed by atoms with Crippen molar-refractivity contribution in [2.75, 3.05) is 17.7 Å². The first kappa shape index (κ1) is 22.9. The molecular weight excluding hydrogens is 487 g/mol. The lowest BCUT2D eigenvalue weighted by atomic mass is 10.2. The highest BCUT2D eigenvalue weighted by Gasteiger charge is 2.12. The van der Waals surface area contributed by atoms with E-state index in [-0.39, 0.29) is 12.5 Å². The van der Waals surface area contributed by atoms with Gasteiger partial charge in [-0.15, -0.1) is 0 Å². The number of nitrogens with one attached hydrogen (secondary N) is 2. The summed E-state index contributed by atoms with van der Waals surface area (Å²) in [6.45, 7) is 2.19. The van der Waals surface area contributed by atoms with Gasteiger partial charge in [0, 0.05) is 34.9 Å². The van der Waals surface area contributed by atoms with Crippen LogP contribution in [0.15, 0.2) is 59.1 Å². The van der Waals surface area contributed by atoms with Crippen molar-refractivity contribution in [2.45, 2.75) is 20.1 Å². The number of methoxy groups -OCH3 is 1. The Labute approximate surface area is 193 Å². The van der Waals surface area contributed by atoms with E-state index in [1.165, 1.54) is 19.1 Å². The molecule has 0 fully saturated rings. The highest BCUT2D eigenvalue weighted by Crippen LogP contribution is 2.35. The molecule has 0 saturated heterocycles. The fraction of sp³-hybridized carbons (Fsp3) is 0.174. The fourth-order valence-electron chi connectivity index (χ4n) is 2.85. The van der Waals surface area contributed by atoms with E-state index < -0.39 is 5.82 Å². The standard InChI is InChI=1S/C23H21BrClFN2O3/c1-14(29)28-19-7-5-18(6-8-19)27-12-16-9-22(30-2)23(11-20(16)24)31-13-15-3-4-17(26)10-21(15)25/h3-11,27H,12-13H2,1-2H3,(H,28,29). The molecule has 0 aliphatic carbocycles. The number of ether oxygens (including phenoxy) is 2. The van der Waals surface area contributed by atoms with Gasteiger partial charge < -0.3 is 20.1 Å². The van der Waals surface area contributed by atoms with Crippen molar-refractivity contribution in [3.63, 3.8) is 0 Å². The van der Waals surface area contributed by atoms with Gasteiger partial charge in [0.2, 0.25) is 5.91 Å². The Balaban J connectivity index is 1.67. The van der Waals surface area contributed by atoms with E-state index in [0.29, 0.717) is 28.6 Å². The Kier molecular flexibility index (Phi) is 7.76. The summed E-state index contributed by atoms with van der Waals surface area (Å²) in [4.78, 5) is 11.1. The van der Waals surface area contributed by atoms with Crippen LogP contribution in [0.5, 0.6) is 11.5 Å². The third kappa shape index (κ3) is 6.35. The Hall–Kier alpha value is -2.77. The zero-order chi connectivity index (χ0) is 22.4. The van der Waals surface area contributed by atoms with Gasteiger partial charge in [-0.1, -0.05) is 33.6 Å². The molecule has 31 heavy (non-hydrogen) atoms. The number of benzene rings is 3. The van der Waals surface area contributed by atoms with Crippen LogP contribution in [0.3, 0.4) is 0 Å². The first-order valence-corrected chi connectivity index (χ1v) is 10.6. The summed E-state index contributed by atoms with van der Waals surface area (Å²) in [6, 6.07) is 15.3. The second-order valence-corrected chi connectivity index (χ2v) is 7.99. The molecule has 8 heteroatoms. The average molecular weight is 508 g/mol. The summed E-state index contributed by atoms with van der Waals surface area (Å²) < 4.78 is 25.4. The number of hydrogen-bond acceptors (Lipinski definition) is 4. The van der Waals surface area contributed by atoms with E-state index in [9.17, 15) is 9.18 Å². The molecule has 0 atom stereocenters. The maximum absolute atomic E-state index is 13.2. The lowest BCUT2D eigenvalue weighted by Crippen LogP contribution is -2.06. The summed E-state index contributed by atoms with van der Waals surface area (Å²) >= 11 is 9.64. The van der Waals surface area contributed by atoms with Crippen LogP contribution in [0, 0.1) is 5.82 Å². The Morgan fingerprint density at radius 1 is 1.03 bits per heavy atom. The Bertz CT molecular complexity index is 1080. The summed E-state index contributed by atoms with van der Waals surface area (Å²) in [6.07, 6.45) is 0. The van der Waals surface area contributed by atoms with Crippen molar-refractivity contribution in [3.05, 3.63) is 81.0 Å². The lowest BCUT2D eigenvalue weighted by molar-refractivity contribution is -0.114. The molecule has 162 valence electrons. The molecular formula is C23H21BrClFN2O3. The maximum Gasteiger partial charge on any atom is 0.221 e. The molecule has 0 radical (unpaired) electrons. The number of carbonyl (C=O) groups excluding carboxylic acids is 1. The van der Waals surface area contributed by atoms with E-state index in [1.807, 2.05) is 36.4 Å². The molecule has 0 saturated carbocycles. The first-order valence-electron chi connectivity index (χ1n) is 9.40. The minimum absolute atomic E-state index is 0.110. The molecule has 0 spiro atoms. The molecule has 0 bridgehead atoms. The molecule has 0 aliphatic rings. The van der Waals surface area contributed by atoms with Crippen LogP contribution in [-0.2, 0) is 17.9 Å². The van der Waals surface area contributed by atoms with Gasteiger partial charge in [-0.2, -0.15) is 0 Å². The summed E-state index contributed by atoms with van der Waals surface area (Å²) in [7, 11) is 1.57. The molecule has 0 aliphatic heterocycles. The second-order valence-electron chi connectivity index (χ2n) is 6.73. The van der Waals surface area contributed by atoms with Gasteiger partial charge >= 0.3 is 0 Å². The van der Waals surface area contributed by atoms with Crippen molar-refractivity contribution in [3.8, 4) is 11.5 Å². The lowest BCUT2D eigenvalue weighted by Gasteiger charge is -2.15. The molecule has 3 aromatic rings. The minimum atomic E-state index is -0.393. The summed E-state index contributed by atoms with van der Waals surface area (Å²) in [5.41, 5.74) is 3.29. The number of anilines is 2. The van der Waals surface area contributed by atoms with Crippen LogP contribution in [0.1, 0.15) is 18.1 Å². The molecule has 3 rings (SSSR count). The summed E-state index contributed by atoms with van der Waals surface area (Å²) in [5, 5.41) is 6.37. The molecule has 3 aromatic carbocycles. The van der Waals surface area contributed by atoms with Crippen molar-refractivity contribution in [2.24, 2.45) is 0 Å². The molecule has 1 amide bonds. The van der Waals surface area contributed by atoms with Crippen LogP contribution < -0.4 is 20.1 Å². The maximum atomic E-state index is 13.2. The Morgan fingerprint density at radius 3 is 2.39 bits per heavy atom. The van der Waals surface area contributed by atoms with Gasteiger partial charge in [-0.3, -0.25) is 4.79 Å². The molecule has 2 N–H and O–H groups in total. The monoisotopic (exact) mass is 506 g/mol. The van der Waals surface area contributed by atoms with E-state index in [2.05, 4.69) is 26.6 Å². The van der Waals surface area contributed by atoms with Gasteiger partial charge in [0.15, 0.2) is 11.5 Å². The van der Waals surface area contributed by atoms with Gasteiger partial charge in [0.1, 0.15) is 12.4 Å². The highest BCUT2D eigenvalue weighted by molar-refractivity contribution is 9.10. The van der Waals surface area contributed by atoms with Crippen LogP contribution >= 0.6 is 27.5 Å². The third-order valence-corrected chi connectivity index (χ3v) is 5.51. The number of amides is 1. The topological polar surface area (TPSA) is 59.6 Å². The van der Waals surface area contributed by atoms with Gasteiger partial charge in [0.05, 0.1) is 12.1 Å². The number of halogens is 3. The van der Waals surface area contributed by atoms with E-state index in [0.717, 1.165) is 21.4 Å². The van der Waals surface area contributed by atoms with Crippen LogP contribution in [-0.4, -0.2) is 13.0 Å². The molecule has 0 heterocycles. The summed E-state index contributed by atoms with van der Waals surface area (Å²) in [5.74, 6) is 0.605. The van der Waals surface area contributed by atoms with Crippen LogP contribution in [0.2, 0.25) is 5.02 Å². The highest BCUT2D eigenvalue weighted by atomic mass is 79.9.